The highest BCUT2D eigenvalue weighted by Gasteiger charge is 2.18. The lowest BCUT2D eigenvalue weighted by atomic mass is 9.87. The average Bonchev–Trinajstić information content (AvgIpc) is 2.20. The topological polar surface area (TPSA) is 55.1 Å². The van der Waals surface area contributed by atoms with Crippen LogP contribution in [0.25, 0.3) is 0 Å². The summed E-state index contributed by atoms with van der Waals surface area (Å²) >= 11 is 5.57. The van der Waals surface area contributed by atoms with Gasteiger partial charge in [0.1, 0.15) is 5.82 Å². The standard InChI is InChI=1S/C14H20ClFN2O/c1-14(2,3)8-9(17)6-13(19)18-10-4-5-11(15)12(16)7-10/h4-5,7,9H,6,8,17H2,1-3H3,(H,18,19). The van der Waals surface area contributed by atoms with Crippen molar-refractivity contribution in [2.24, 2.45) is 11.1 Å². The number of rotatable bonds is 4. The number of nitrogens with two attached hydrogens (primary N) is 1. The van der Waals surface area contributed by atoms with Crippen molar-refractivity contribution < 1.29 is 9.18 Å². The molecule has 0 aliphatic heterocycles. The number of benzene rings is 1. The SMILES string of the molecule is CC(C)(C)CC(N)CC(=O)Nc1ccc(Cl)c(F)c1. The van der Waals surface area contributed by atoms with E-state index >= 15 is 0 Å². The number of amides is 1. The van der Waals surface area contributed by atoms with E-state index in [0.717, 1.165) is 6.42 Å². The molecule has 19 heavy (non-hydrogen) atoms. The minimum Gasteiger partial charge on any atom is -0.327 e. The Morgan fingerprint density at radius 2 is 2.11 bits per heavy atom. The molecule has 106 valence electrons. The third-order valence-corrected chi connectivity index (χ3v) is 2.83. The second-order valence-electron chi connectivity index (χ2n) is 5.91. The molecule has 1 aromatic rings. The molecule has 0 fully saturated rings. The molecule has 3 N–H and O–H groups in total. The molecular weight excluding hydrogens is 267 g/mol. The van der Waals surface area contributed by atoms with Crippen LogP contribution < -0.4 is 11.1 Å². The van der Waals surface area contributed by atoms with Crippen LogP contribution in [0.3, 0.4) is 0 Å². The second-order valence-corrected chi connectivity index (χ2v) is 6.31. The van der Waals surface area contributed by atoms with Gasteiger partial charge >= 0.3 is 0 Å². The van der Waals surface area contributed by atoms with Gasteiger partial charge < -0.3 is 11.1 Å². The zero-order valence-electron chi connectivity index (χ0n) is 11.5. The van der Waals surface area contributed by atoms with Crippen molar-refractivity contribution >= 4 is 23.2 Å². The minimum absolute atomic E-state index is 0.0300. The monoisotopic (exact) mass is 286 g/mol. The smallest absolute Gasteiger partial charge is 0.225 e. The zero-order chi connectivity index (χ0) is 14.6. The predicted octanol–water partition coefficient (Wildman–Crippen LogP) is 3.57. The summed E-state index contributed by atoms with van der Waals surface area (Å²) in [7, 11) is 0. The Morgan fingerprint density at radius 3 is 2.63 bits per heavy atom. The molecule has 0 aromatic heterocycles. The van der Waals surface area contributed by atoms with E-state index in [2.05, 4.69) is 26.1 Å². The van der Waals surface area contributed by atoms with Crippen molar-refractivity contribution in [2.45, 2.75) is 39.7 Å². The molecule has 0 heterocycles. The first-order chi connectivity index (χ1) is 8.67. The summed E-state index contributed by atoms with van der Waals surface area (Å²) in [4.78, 5) is 11.8. The molecule has 0 spiro atoms. The lowest BCUT2D eigenvalue weighted by molar-refractivity contribution is -0.116. The van der Waals surface area contributed by atoms with Gasteiger partial charge in [-0.2, -0.15) is 0 Å². The van der Waals surface area contributed by atoms with Crippen LogP contribution in [0.15, 0.2) is 18.2 Å². The van der Waals surface area contributed by atoms with Crippen LogP contribution in [0.1, 0.15) is 33.6 Å². The van der Waals surface area contributed by atoms with Gasteiger partial charge in [-0.1, -0.05) is 32.4 Å². The highest BCUT2D eigenvalue weighted by molar-refractivity contribution is 6.30. The Labute approximate surface area is 118 Å². The average molecular weight is 287 g/mol. The minimum atomic E-state index is -0.557. The summed E-state index contributed by atoms with van der Waals surface area (Å²) in [6.45, 7) is 6.21. The molecular formula is C14H20ClFN2O. The first kappa shape index (κ1) is 15.9. The first-order valence-electron chi connectivity index (χ1n) is 6.18. The quantitative estimate of drug-likeness (QED) is 0.889. The maximum atomic E-state index is 13.2. The predicted molar refractivity (Wildman–Crippen MR) is 76.7 cm³/mol. The van der Waals surface area contributed by atoms with Crippen LogP contribution in [-0.2, 0) is 4.79 Å². The van der Waals surface area contributed by atoms with E-state index in [9.17, 15) is 9.18 Å². The number of carbonyl (C=O) groups excluding carboxylic acids is 1. The molecule has 1 aromatic carbocycles. The first-order valence-corrected chi connectivity index (χ1v) is 6.56. The lowest BCUT2D eigenvalue weighted by Crippen LogP contribution is -2.31. The summed E-state index contributed by atoms with van der Waals surface area (Å²) in [5.41, 5.74) is 6.37. The number of hydrogen-bond donors (Lipinski definition) is 2. The molecule has 1 atom stereocenters. The van der Waals surface area contributed by atoms with Gasteiger partial charge in [0, 0.05) is 18.2 Å². The van der Waals surface area contributed by atoms with Crippen molar-refractivity contribution in [2.75, 3.05) is 5.32 Å². The van der Waals surface area contributed by atoms with Crippen LogP contribution in [0.2, 0.25) is 5.02 Å². The van der Waals surface area contributed by atoms with E-state index in [-0.39, 0.29) is 28.8 Å². The molecule has 0 aliphatic rings. The highest BCUT2D eigenvalue weighted by atomic mass is 35.5. The Bertz CT molecular complexity index is 457. The van der Waals surface area contributed by atoms with Crippen LogP contribution >= 0.6 is 11.6 Å². The molecule has 0 saturated carbocycles. The van der Waals surface area contributed by atoms with Gasteiger partial charge in [0.25, 0.3) is 0 Å². The molecule has 3 nitrogen and oxygen atoms in total. The van der Waals surface area contributed by atoms with E-state index in [1.807, 2.05) is 0 Å². The maximum Gasteiger partial charge on any atom is 0.225 e. The van der Waals surface area contributed by atoms with Crippen LogP contribution in [-0.4, -0.2) is 11.9 Å². The van der Waals surface area contributed by atoms with Gasteiger partial charge in [-0.15, -0.1) is 0 Å². The van der Waals surface area contributed by atoms with Crippen molar-refractivity contribution in [1.29, 1.82) is 0 Å². The van der Waals surface area contributed by atoms with E-state index in [4.69, 9.17) is 17.3 Å². The number of carbonyl (C=O) groups is 1. The third kappa shape index (κ3) is 6.03. The van der Waals surface area contributed by atoms with Crippen molar-refractivity contribution in [3.63, 3.8) is 0 Å². The van der Waals surface area contributed by atoms with E-state index in [0.29, 0.717) is 5.69 Å². The second kappa shape index (κ2) is 6.35. The van der Waals surface area contributed by atoms with E-state index in [1.165, 1.54) is 12.1 Å². The van der Waals surface area contributed by atoms with Crippen LogP contribution in [0.5, 0.6) is 0 Å². The van der Waals surface area contributed by atoms with Crippen molar-refractivity contribution in [1.82, 2.24) is 0 Å². The lowest BCUT2D eigenvalue weighted by Gasteiger charge is -2.22. The van der Waals surface area contributed by atoms with Gasteiger partial charge in [-0.3, -0.25) is 4.79 Å². The fourth-order valence-corrected chi connectivity index (χ4v) is 2.00. The molecule has 1 unspecified atom stereocenters. The van der Waals surface area contributed by atoms with Crippen molar-refractivity contribution in [3.05, 3.63) is 29.0 Å². The van der Waals surface area contributed by atoms with E-state index < -0.39 is 5.82 Å². The summed E-state index contributed by atoms with van der Waals surface area (Å²) in [6.07, 6.45) is 0.955. The normalized spacial score (nSPS) is 13.2. The van der Waals surface area contributed by atoms with Gasteiger partial charge in [-0.05, 0) is 30.0 Å². The molecule has 0 aliphatic carbocycles. The zero-order valence-corrected chi connectivity index (χ0v) is 12.2. The number of hydrogen-bond acceptors (Lipinski definition) is 2. The Hall–Kier alpha value is -1.13. The summed E-state index contributed by atoms with van der Waals surface area (Å²) in [5, 5.41) is 2.64. The Kier molecular flexibility index (Phi) is 5.32. The van der Waals surface area contributed by atoms with Crippen LogP contribution in [0, 0.1) is 11.2 Å². The summed E-state index contributed by atoms with van der Waals surface area (Å²) in [5.74, 6) is -0.781. The summed E-state index contributed by atoms with van der Waals surface area (Å²) in [6, 6.07) is 3.94. The van der Waals surface area contributed by atoms with E-state index in [1.54, 1.807) is 6.07 Å². The maximum absolute atomic E-state index is 13.2. The molecule has 5 heteroatoms. The fraction of sp³-hybridized carbons (Fsp3) is 0.500. The third-order valence-electron chi connectivity index (χ3n) is 2.53. The molecule has 1 rings (SSSR count). The molecule has 0 bridgehead atoms. The van der Waals surface area contributed by atoms with Gasteiger partial charge in [-0.25, -0.2) is 4.39 Å². The fourth-order valence-electron chi connectivity index (χ4n) is 1.88. The summed E-state index contributed by atoms with van der Waals surface area (Å²) < 4.78 is 13.2. The number of anilines is 1. The largest absolute Gasteiger partial charge is 0.327 e. The number of nitrogens with one attached hydrogen (secondary N) is 1. The molecule has 0 radical (unpaired) electrons. The van der Waals surface area contributed by atoms with Gasteiger partial charge in [0.15, 0.2) is 0 Å². The molecule has 0 saturated heterocycles. The van der Waals surface area contributed by atoms with Gasteiger partial charge in [0.05, 0.1) is 5.02 Å². The molecule has 1 amide bonds. The Morgan fingerprint density at radius 1 is 1.47 bits per heavy atom. The highest BCUT2D eigenvalue weighted by Crippen LogP contribution is 2.22. The van der Waals surface area contributed by atoms with Crippen LogP contribution in [0.4, 0.5) is 10.1 Å². The van der Waals surface area contributed by atoms with Gasteiger partial charge in [0.2, 0.25) is 5.91 Å². The number of halogens is 2. The Balaban J connectivity index is 2.53. The van der Waals surface area contributed by atoms with Crippen molar-refractivity contribution in [3.8, 4) is 0 Å².